The summed E-state index contributed by atoms with van der Waals surface area (Å²) < 4.78 is 0. The van der Waals surface area contributed by atoms with Crippen molar-refractivity contribution < 1.29 is 9.59 Å². The van der Waals surface area contributed by atoms with Gasteiger partial charge in [-0.25, -0.2) is 0 Å². The van der Waals surface area contributed by atoms with Crippen molar-refractivity contribution in [1.82, 2.24) is 15.5 Å². The van der Waals surface area contributed by atoms with Gasteiger partial charge >= 0.3 is 0 Å². The molecule has 0 radical (unpaired) electrons. The smallest absolute Gasteiger partial charge is 0.225 e. The van der Waals surface area contributed by atoms with Crippen molar-refractivity contribution in [3.63, 3.8) is 0 Å². The van der Waals surface area contributed by atoms with Crippen LogP contribution in [0.1, 0.15) is 33.1 Å². The maximum atomic E-state index is 11.9. The van der Waals surface area contributed by atoms with Crippen LogP contribution in [0.4, 0.5) is 0 Å². The van der Waals surface area contributed by atoms with E-state index in [1.165, 1.54) is 0 Å². The minimum Gasteiger partial charge on any atom is -0.355 e. The third-order valence-corrected chi connectivity index (χ3v) is 3.44. The molecular formula is C13H25N3O2. The second-order valence-corrected chi connectivity index (χ2v) is 4.98. The number of likely N-dealkylation sites (N-methyl/N-ethyl adjacent to an activating group) is 1. The largest absolute Gasteiger partial charge is 0.355 e. The molecule has 0 aromatic heterocycles. The molecule has 1 heterocycles. The molecule has 2 unspecified atom stereocenters. The molecule has 2 amide bonds. The third-order valence-electron chi connectivity index (χ3n) is 3.44. The fourth-order valence-corrected chi connectivity index (χ4v) is 2.36. The second kappa shape index (κ2) is 7.36. The highest BCUT2D eigenvalue weighted by Crippen LogP contribution is 2.22. The van der Waals surface area contributed by atoms with Gasteiger partial charge in [0.25, 0.3) is 0 Å². The summed E-state index contributed by atoms with van der Waals surface area (Å²) >= 11 is 0. The zero-order valence-corrected chi connectivity index (χ0v) is 11.7. The molecule has 0 bridgehead atoms. The van der Waals surface area contributed by atoms with Gasteiger partial charge in [-0.15, -0.1) is 0 Å². The Morgan fingerprint density at radius 2 is 2.22 bits per heavy atom. The van der Waals surface area contributed by atoms with E-state index in [1.807, 2.05) is 11.9 Å². The summed E-state index contributed by atoms with van der Waals surface area (Å²) in [5.74, 6) is -0.0526. The molecule has 0 aliphatic carbocycles. The molecular weight excluding hydrogens is 230 g/mol. The highest BCUT2D eigenvalue weighted by atomic mass is 16.2. The molecule has 2 N–H and O–H groups in total. The topological polar surface area (TPSA) is 61.4 Å². The van der Waals surface area contributed by atoms with E-state index in [9.17, 15) is 9.59 Å². The molecule has 1 aliphatic rings. The van der Waals surface area contributed by atoms with Crippen LogP contribution in [0.2, 0.25) is 0 Å². The molecule has 0 spiro atoms. The maximum absolute atomic E-state index is 11.9. The first-order chi connectivity index (χ1) is 8.60. The average molecular weight is 255 g/mol. The van der Waals surface area contributed by atoms with Crippen LogP contribution in [0.15, 0.2) is 0 Å². The number of carbonyl (C=O) groups excluding carboxylic acids is 2. The monoisotopic (exact) mass is 255 g/mol. The number of nitrogens with zero attached hydrogens (tertiary/aromatic N) is 1. The van der Waals surface area contributed by atoms with Crippen LogP contribution in [-0.2, 0) is 9.59 Å². The lowest BCUT2D eigenvalue weighted by atomic mass is 10.1. The highest BCUT2D eigenvalue weighted by molar-refractivity contribution is 5.89. The predicted octanol–water partition coefficient (Wildman–Crippen LogP) is 0.359. The van der Waals surface area contributed by atoms with E-state index in [4.69, 9.17) is 0 Å². The van der Waals surface area contributed by atoms with Crippen molar-refractivity contribution in [3.05, 3.63) is 0 Å². The molecule has 1 fully saturated rings. The number of likely N-dealkylation sites (tertiary alicyclic amines) is 1. The number of nitrogens with one attached hydrogen (secondary N) is 2. The van der Waals surface area contributed by atoms with Crippen LogP contribution < -0.4 is 10.6 Å². The van der Waals surface area contributed by atoms with E-state index in [0.29, 0.717) is 19.5 Å². The van der Waals surface area contributed by atoms with Gasteiger partial charge in [-0.1, -0.05) is 13.3 Å². The Hall–Kier alpha value is -1.10. The van der Waals surface area contributed by atoms with Crippen molar-refractivity contribution in [1.29, 1.82) is 0 Å². The van der Waals surface area contributed by atoms with Gasteiger partial charge in [0, 0.05) is 32.1 Å². The number of carbonyl (C=O) groups is 2. The van der Waals surface area contributed by atoms with E-state index in [2.05, 4.69) is 24.5 Å². The molecule has 1 rings (SSSR count). The van der Waals surface area contributed by atoms with E-state index in [-0.39, 0.29) is 23.8 Å². The van der Waals surface area contributed by atoms with Crippen LogP contribution in [0.25, 0.3) is 0 Å². The standard InChI is InChI=1S/C13H25N3O2/c1-4-5-10(2)16-9-11(8-12(16)17)13(18)15-7-6-14-3/h10-11,14H,4-9H2,1-3H3,(H,15,18). The SMILES string of the molecule is CCCC(C)N1CC(C(=O)NCCNC)CC1=O. The molecule has 1 saturated heterocycles. The lowest BCUT2D eigenvalue weighted by Crippen LogP contribution is -2.38. The highest BCUT2D eigenvalue weighted by Gasteiger charge is 2.35. The van der Waals surface area contributed by atoms with Gasteiger partial charge in [0.2, 0.25) is 11.8 Å². The average Bonchev–Trinajstić information content (AvgIpc) is 2.72. The number of rotatable bonds is 7. The third kappa shape index (κ3) is 3.98. The minimum absolute atomic E-state index is 0.00444. The predicted molar refractivity (Wildman–Crippen MR) is 71.1 cm³/mol. The van der Waals surface area contributed by atoms with Gasteiger partial charge in [0.15, 0.2) is 0 Å². The fourth-order valence-electron chi connectivity index (χ4n) is 2.36. The van der Waals surface area contributed by atoms with E-state index >= 15 is 0 Å². The van der Waals surface area contributed by atoms with Gasteiger partial charge in [0.1, 0.15) is 0 Å². The Kier molecular flexibility index (Phi) is 6.12. The van der Waals surface area contributed by atoms with Crippen LogP contribution in [-0.4, -0.2) is 49.4 Å². The summed E-state index contributed by atoms with van der Waals surface area (Å²) in [6.07, 6.45) is 2.42. The van der Waals surface area contributed by atoms with Gasteiger partial charge in [-0.2, -0.15) is 0 Å². The van der Waals surface area contributed by atoms with Crippen molar-refractivity contribution in [3.8, 4) is 0 Å². The van der Waals surface area contributed by atoms with Gasteiger partial charge < -0.3 is 15.5 Å². The zero-order chi connectivity index (χ0) is 13.5. The van der Waals surface area contributed by atoms with E-state index < -0.39 is 0 Å². The minimum atomic E-state index is -0.173. The number of hydrogen-bond donors (Lipinski definition) is 2. The fraction of sp³-hybridized carbons (Fsp3) is 0.846. The second-order valence-electron chi connectivity index (χ2n) is 4.98. The first kappa shape index (κ1) is 15.0. The molecule has 5 nitrogen and oxygen atoms in total. The van der Waals surface area contributed by atoms with Crippen molar-refractivity contribution >= 4 is 11.8 Å². The Bertz CT molecular complexity index is 294. The molecule has 1 aliphatic heterocycles. The Morgan fingerprint density at radius 1 is 1.50 bits per heavy atom. The van der Waals surface area contributed by atoms with Crippen LogP contribution in [0.5, 0.6) is 0 Å². The summed E-state index contributed by atoms with van der Waals surface area (Å²) in [6.45, 7) is 6.11. The summed E-state index contributed by atoms with van der Waals surface area (Å²) in [6, 6.07) is 0.248. The van der Waals surface area contributed by atoms with Crippen LogP contribution in [0.3, 0.4) is 0 Å². The number of amides is 2. The van der Waals surface area contributed by atoms with Crippen molar-refractivity contribution in [2.24, 2.45) is 5.92 Å². The Labute approximate surface area is 109 Å². The maximum Gasteiger partial charge on any atom is 0.225 e. The van der Waals surface area contributed by atoms with E-state index in [1.54, 1.807) is 0 Å². The molecule has 18 heavy (non-hydrogen) atoms. The number of hydrogen-bond acceptors (Lipinski definition) is 3. The van der Waals surface area contributed by atoms with Gasteiger partial charge in [-0.05, 0) is 20.4 Å². The van der Waals surface area contributed by atoms with Crippen LogP contribution >= 0.6 is 0 Å². The Balaban J connectivity index is 2.42. The van der Waals surface area contributed by atoms with Crippen LogP contribution in [0, 0.1) is 5.92 Å². The van der Waals surface area contributed by atoms with E-state index in [0.717, 1.165) is 19.4 Å². The molecule has 104 valence electrons. The summed E-state index contributed by atoms with van der Waals surface area (Å²) in [5, 5.41) is 5.83. The molecule has 2 atom stereocenters. The quantitative estimate of drug-likeness (QED) is 0.646. The molecule has 0 saturated carbocycles. The lowest BCUT2D eigenvalue weighted by Gasteiger charge is -2.24. The Morgan fingerprint density at radius 3 is 2.83 bits per heavy atom. The summed E-state index contributed by atoms with van der Waals surface area (Å²) in [4.78, 5) is 25.6. The van der Waals surface area contributed by atoms with Crippen molar-refractivity contribution in [2.45, 2.75) is 39.2 Å². The first-order valence-electron chi connectivity index (χ1n) is 6.81. The molecule has 0 aromatic rings. The van der Waals surface area contributed by atoms with Gasteiger partial charge in [-0.3, -0.25) is 9.59 Å². The summed E-state index contributed by atoms with van der Waals surface area (Å²) in [5.41, 5.74) is 0. The summed E-state index contributed by atoms with van der Waals surface area (Å²) in [7, 11) is 1.85. The first-order valence-corrected chi connectivity index (χ1v) is 6.81. The zero-order valence-electron chi connectivity index (χ0n) is 11.7. The normalized spacial score (nSPS) is 21.2. The van der Waals surface area contributed by atoms with Crippen molar-refractivity contribution in [2.75, 3.05) is 26.7 Å². The van der Waals surface area contributed by atoms with Gasteiger partial charge in [0.05, 0.1) is 5.92 Å². The molecule has 5 heteroatoms. The molecule has 0 aromatic carbocycles. The lowest BCUT2D eigenvalue weighted by molar-refractivity contribution is -0.130.